The average Bonchev–Trinajstić information content (AvgIpc) is 3.76. The van der Waals surface area contributed by atoms with Crippen LogP contribution in [0.4, 0.5) is 11.5 Å². The number of benzene rings is 2. The van der Waals surface area contributed by atoms with Crippen molar-refractivity contribution in [1.29, 1.82) is 0 Å². The number of aromatic nitrogens is 3. The number of carboxylic acid groups (broad SMARTS) is 1. The Morgan fingerprint density at radius 3 is 2.51 bits per heavy atom. The number of carboxylic acids is 1. The lowest BCUT2D eigenvalue weighted by Crippen LogP contribution is -2.34. The zero-order valence-electron chi connectivity index (χ0n) is 28.6. The second kappa shape index (κ2) is 13.0. The summed E-state index contributed by atoms with van der Waals surface area (Å²) in [5.74, 6) is 0.0768. The lowest BCUT2D eigenvalue weighted by atomic mass is 9.90. The first-order chi connectivity index (χ1) is 23.5. The Morgan fingerprint density at radius 2 is 1.78 bits per heavy atom. The third kappa shape index (κ3) is 6.41. The largest absolute Gasteiger partial charge is 0.481 e. The van der Waals surface area contributed by atoms with Crippen molar-refractivity contribution in [3.05, 3.63) is 88.2 Å². The quantitative estimate of drug-likeness (QED) is 0.181. The zero-order valence-corrected chi connectivity index (χ0v) is 29.4. The Labute approximate surface area is 290 Å². The van der Waals surface area contributed by atoms with Crippen LogP contribution in [-0.2, 0) is 29.2 Å². The van der Waals surface area contributed by atoms with Crippen molar-refractivity contribution in [1.82, 2.24) is 29.7 Å². The van der Waals surface area contributed by atoms with E-state index < -0.39 is 11.4 Å². The second-order valence-electron chi connectivity index (χ2n) is 13.9. The monoisotopic (exact) mass is 675 g/mol. The highest BCUT2D eigenvalue weighted by Gasteiger charge is 2.40. The van der Waals surface area contributed by atoms with Gasteiger partial charge in [-0.3, -0.25) is 19.5 Å². The number of pyridine rings is 2. The Morgan fingerprint density at radius 1 is 1.02 bits per heavy atom. The minimum Gasteiger partial charge on any atom is -0.481 e. The lowest BCUT2D eigenvalue weighted by Gasteiger charge is -2.20. The van der Waals surface area contributed by atoms with Crippen molar-refractivity contribution in [3.8, 4) is 21.7 Å². The molecule has 1 amide bonds. The number of likely N-dealkylation sites (N-methyl/N-ethyl adjacent to an activating group) is 1. The van der Waals surface area contributed by atoms with E-state index in [9.17, 15) is 14.7 Å². The van der Waals surface area contributed by atoms with Gasteiger partial charge in [0.15, 0.2) is 5.82 Å². The molecule has 1 saturated heterocycles. The van der Waals surface area contributed by atoms with Gasteiger partial charge in [0.25, 0.3) is 0 Å². The van der Waals surface area contributed by atoms with Gasteiger partial charge in [0.2, 0.25) is 5.91 Å². The van der Waals surface area contributed by atoms with Crippen LogP contribution in [0, 0.1) is 19.3 Å². The fourth-order valence-electron chi connectivity index (χ4n) is 6.96. The van der Waals surface area contributed by atoms with Crippen LogP contribution < -0.4 is 5.32 Å². The van der Waals surface area contributed by atoms with Gasteiger partial charge in [0.1, 0.15) is 10.5 Å². The molecule has 0 spiro atoms. The topological polar surface area (TPSA) is 115 Å². The van der Waals surface area contributed by atoms with E-state index in [0.29, 0.717) is 45.0 Å². The van der Waals surface area contributed by atoms with Crippen LogP contribution in [-0.4, -0.2) is 80.4 Å². The number of likely N-dealkylation sites (tertiary alicyclic amines) is 1. The van der Waals surface area contributed by atoms with Gasteiger partial charge in [-0.2, -0.15) is 0 Å². The molecule has 3 aromatic heterocycles. The maximum atomic E-state index is 12.6. The van der Waals surface area contributed by atoms with Crippen LogP contribution in [0.15, 0.2) is 60.9 Å². The number of hydrogen-bond acceptors (Lipinski definition) is 9. The maximum Gasteiger partial charge on any atom is 0.310 e. The van der Waals surface area contributed by atoms with Crippen molar-refractivity contribution in [2.45, 2.75) is 46.8 Å². The molecule has 0 saturated carbocycles. The highest BCUT2D eigenvalue weighted by Crippen LogP contribution is 2.40. The third-order valence-electron chi connectivity index (χ3n) is 9.83. The first-order valence-electron chi connectivity index (χ1n) is 16.6. The van der Waals surface area contributed by atoms with Gasteiger partial charge in [0, 0.05) is 47.0 Å². The number of carbonyl (C=O) groups excluding carboxylic acids is 1. The molecule has 11 heteroatoms. The van der Waals surface area contributed by atoms with Crippen LogP contribution in [0.2, 0.25) is 0 Å². The molecule has 1 fully saturated rings. The normalized spacial score (nSPS) is 17.6. The van der Waals surface area contributed by atoms with Gasteiger partial charge in [-0.25, -0.2) is 9.97 Å². The molecule has 2 N–H and O–H groups in total. The molecule has 252 valence electrons. The van der Waals surface area contributed by atoms with Gasteiger partial charge in [-0.05, 0) is 93.8 Å². The molecule has 2 aromatic carbocycles. The number of anilines is 2. The molecule has 2 aliphatic rings. The van der Waals surface area contributed by atoms with Crippen LogP contribution in [0.3, 0.4) is 0 Å². The molecule has 49 heavy (non-hydrogen) atoms. The summed E-state index contributed by atoms with van der Waals surface area (Å²) in [6.07, 6.45) is 4.32. The number of carbonyl (C=O) groups is 2. The molecule has 5 heterocycles. The number of hydrogen-bond donors (Lipinski definition) is 2. The third-order valence-corrected chi connectivity index (χ3v) is 10.9. The number of aliphatic carboxylic acids is 1. The number of rotatable bonds is 9. The fourth-order valence-corrected chi connectivity index (χ4v) is 8.13. The van der Waals surface area contributed by atoms with Gasteiger partial charge in [-0.1, -0.05) is 30.3 Å². The van der Waals surface area contributed by atoms with Crippen molar-refractivity contribution >= 4 is 45.6 Å². The first-order valence-corrected chi connectivity index (χ1v) is 17.4. The van der Waals surface area contributed by atoms with Gasteiger partial charge in [-0.15, -0.1) is 11.3 Å². The van der Waals surface area contributed by atoms with Crippen LogP contribution in [0.25, 0.3) is 32.6 Å². The summed E-state index contributed by atoms with van der Waals surface area (Å²) in [7, 11) is 3.82. The molecule has 0 bridgehead atoms. The molecule has 0 radical (unpaired) electrons. The molecule has 0 aliphatic carbocycles. The average molecular weight is 676 g/mol. The van der Waals surface area contributed by atoms with Crippen molar-refractivity contribution in [2.24, 2.45) is 5.41 Å². The number of nitrogens with one attached hydrogen (secondary N) is 1. The molecule has 1 unspecified atom stereocenters. The van der Waals surface area contributed by atoms with Gasteiger partial charge >= 0.3 is 5.97 Å². The summed E-state index contributed by atoms with van der Waals surface area (Å²) in [5, 5.41) is 15.1. The summed E-state index contributed by atoms with van der Waals surface area (Å²) in [6.45, 7) is 9.64. The van der Waals surface area contributed by atoms with Crippen LogP contribution in [0.5, 0.6) is 0 Å². The summed E-state index contributed by atoms with van der Waals surface area (Å²) >= 11 is 1.68. The molecule has 7 rings (SSSR count). The molecule has 2 aliphatic heterocycles. The number of fused-ring (bicyclic) bond motifs is 2. The smallest absolute Gasteiger partial charge is 0.310 e. The van der Waals surface area contributed by atoms with Crippen molar-refractivity contribution in [2.75, 3.05) is 39.0 Å². The fraction of sp³-hybridized carbons (Fsp3) is 0.342. The highest BCUT2D eigenvalue weighted by atomic mass is 32.1. The van der Waals surface area contributed by atoms with Crippen LogP contribution in [0.1, 0.15) is 40.6 Å². The number of amides is 1. The molecular formula is C38H41N7O3S. The van der Waals surface area contributed by atoms with Gasteiger partial charge < -0.3 is 20.2 Å². The van der Waals surface area contributed by atoms with E-state index in [1.54, 1.807) is 17.5 Å². The van der Waals surface area contributed by atoms with E-state index in [4.69, 9.17) is 9.97 Å². The predicted octanol–water partition coefficient (Wildman–Crippen LogP) is 6.48. The Bertz CT molecular complexity index is 2070. The van der Waals surface area contributed by atoms with E-state index in [0.717, 1.165) is 72.1 Å². The highest BCUT2D eigenvalue weighted by molar-refractivity contribution is 7.15. The lowest BCUT2D eigenvalue weighted by molar-refractivity contribution is -0.147. The van der Waals surface area contributed by atoms with Crippen molar-refractivity contribution in [3.63, 3.8) is 0 Å². The van der Waals surface area contributed by atoms with Crippen LogP contribution >= 0.6 is 11.3 Å². The maximum absolute atomic E-state index is 12.6. The molecule has 5 aromatic rings. The first kappa shape index (κ1) is 32.8. The summed E-state index contributed by atoms with van der Waals surface area (Å²) in [4.78, 5) is 45.9. The SMILES string of the molecule is Cc1c(Nc2nccc3cc(CN4CCC(C)(C(=O)O)C4)cnc23)cccc1-c1cccc(-c2nc3c(s2)CN(C(=O)CN(C)C)C3)c1C. The summed E-state index contributed by atoms with van der Waals surface area (Å²) in [5.41, 5.74) is 8.73. The molecular weight excluding hydrogens is 635 g/mol. The molecule has 10 nitrogen and oxygen atoms in total. The number of nitrogens with zero attached hydrogens (tertiary/aromatic N) is 6. The minimum atomic E-state index is -0.735. The van der Waals surface area contributed by atoms with E-state index in [1.165, 1.54) is 0 Å². The number of thiazole rings is 1. The van der Waals surface area contributed by atoms with Gasteiger partial charge in [0.05, 0.1) is 30.7 Å². The van der Waals surface area contributed by atoms with E-state index in [2.05, 4.69) is 71.5 Å². The summed E-state index contributed by atoms with van der Waals surface area (Å²) in [6, 6.07) is 16.7. The van der Waals surface area contributed by atoms with Crippen molar-refractivity contribution < 1.29 is 14.7 Å². The predicted molar refractivity (Wildman–Crippen MR) is 194 cm³/mol. The Kier molecular flexibility index (Phi) is 8.68. The van der Waals surface area contributed by atoms with E-state index >= 15 is 0 Å². The standard InChI is InChI=1S/C38H41N7O3S/c1-23-27(8-6-10-29(23)36-42-31-19-45(20-32(31)49-36)33(46)21-43(4)5)28-9-7-11-30(24(28)2)41-35-34-26(12-14-39-35)16-25(17-40-34)18-44-15-13-38(3,22-44)37(47)48/h6-12,14,16-17H,13,15,18-22H2,1-5H3,(H,39,41)(H,47,48). The van der Waals surface area contributed by atoms with E-state index in [-0.39, 0.29) is 5.91 Å². The van der Waals surface area contributed by atoms with E-state index in [1.807, 2.05) is 43.1 Å². The Hall–Kier alpha value is -4.71. The minimum absolute atomic E-state index is 0.127. The molecule has 1 atom stereocenters. The zero-order chi connectivity index (χ0) is 34.4. The Balaban J connectivity index is 1.11. The summed E-state index contributed by atoms with van der Waals surface area (Å²) < 4.78 is 0. The second-order valence-corrected chi connectivity index (χ2v) is 14.9.